The number of hydrogen-bond donors (Lipinski definition) is 0. The highest BCUT2D eigenvalue weighted by Gasteiger charge is 2.32. The Balaban J connectivity index is 2.40. The van der Waals surface area contributed by atoms with Gasteiger partial charge in [-0.3, -0.25) is 9.59 Å². The molecule has 1 aliphatic rings. The molecule has 1 aromatic carbocycles. The molecule has 1 heterocycles. The molecule has 0 saturated heterocycles. The lowest BCUT2D eigenvalue weighted by Crippen LogP contribution is -2.31. The maximum atomic E-state index is 12.1. The van der Waals surface area contributed by atoms with Crippen LogP contribution in [0.2, 0.25) is 0 Å². The van der Waals surface area contributed by atoms with E-state index in [9.17, 15) is 9.59 Å². The van der Waals surface area contributed by atoms with E-state index < -0.39 is 0 Å². The van der Waals surface area contributed by atoms with Crippen LogP contribution in [0.25, 0.3) is 0 Å². The smallest absolute Gasteiger partial charge is 0.261 e. The quantitative estimate of drug-likeness (QED) is 0.625. The molecule has 1 aromatic rings. The van der Waals surface area contributed by atoms with E-state index in [0.717, 1.165) is 5.56 Å². The number of nitrogens with zero attached hydrogens (tertiary/aromatic N) is 1. The molecule has 2 amide bonds. The molecule has 0 bridgehead atoms. The minimum Gasteiger partial charge on any atom is -0.487 e. The highest BCUT2D eigenvalue weighted by molar-refractivity contribution is 6.31. The molecule has 0 fully saturated rings. The van der Waals surface area contributed by atoms with Crippen LogP contribution in [0.15, 0.2) is 42.0 Å². The molecule has 1 aliphatic heterocycles. The van der Waals surface area contributed by atoms with Gasteiger partial charge in [-0.1, -0.05) is 24.3 Å². The Kier molecular flexibility index (Phi) is 4.03. The van der Waals surface area contributed by atoms with E-state index in [2.05, 4.69) is 0 Å². The third-order valence-electron chi connectivity index (χ3n) is 3.10. The summed E-state index contributed by atoms with van der Waals surface area (Å²) in [6.07, 6.45) is 5.10. The van der Waals surface area contributed by atoms with Crippen molar-refractivity contribution in [1.29, 1.82) is 0 Å². The first-order valence-corrected chi connectivity index (χ1v) is 6.46. The van der Waals surface area contributed by atoms with Crippen LogP contribution in [-0.4, -0.2) is 18.4 Å². The van der Waals surface area contributed by atoms with Crippen molar-refractivity contribution in [3.63, 3.8) is 0 Å². The molecule has 0 aliphatic carbocycles. The number of para-hydroxylation sites is 1. The number of carbonyl (C=O) groups is 2. The summed E-state index contributed by atoms with van der Waals surface area (Å²) in [7, 11) is 0. The van der Waals surface area contributed by atoms with Gasteiger partial charge in [-0.25, -0.2) is 4.90 Å². The first-order valence-electron chi connectivity index (χ1n) is 6.46. The van der Waals surface area contributed by atoms with Gasteiger partial charge in [-0.2, -0.15) is 0 Å². The molecule has 0 spiro atoms. The van der Waals surface area contributed by atoms with Crippen molar-refractivity contribution in [2.24, 2.45) is 0 Å². The Morgan fingerprint density at radius 2 is 2.00 bits per heavy atom. The van der Waals surface area contributed by atoms with Gasteiger partial charge in [0, 0.05) is 11.6 Å². The molecular weight excluding hydrogens is 254 g/mol. The second-order valence-electron chi connectivity index (χ2n) is 4.61. The Morgan fingerprint density at radius 3 is 2.60 bits per heavy atom. The zero-order valence-electron chi connectivity index (χ0n) is 11.8. The first kappa shape index (κ1) is 14.1. The predicted molar refractivity (Wildman–Crippen MR) is 77.7 cm³/mol. The molecule has 104 valence electrons. The maximum Gasteiger partial charge on any atom is 0.261 e. The van der Waals surface area contributed by atoms with E-state index in [1.165, 1.54) is 11.0 Å². The number of imide groups is 1. The van der Waals surface area contributed by atoms with Crippen molar-refractivity contribution in [1.82, 2.24) is 0 Å². The number of allylic oxidation sites excluding steroid dienone is 1. The molecule has 4 nitrogen and oxygen atoms in total. The van der Waals surface area contributed by atoms with Gasteiger partial charge >= 0.3 is 0 Å². The number of ether oxygens (including phenoxy) is 1. The van der Waals surface area contributed by atoms with Crippen LogP contribution in [0.4, 0.5) is 5.69 Å². The molecule has 0 atom stereocenters. The zero-order valence-corrected chi connectivity index (χ0v) is 11.8. The van der Waals surface area contributed by atoms with Crippen LogP contribution in [0.5, 0.6) is 5.75 Å². The van der Waals surface area contributed by atoms with Gasteiger partial charge in [0.1, 0.15) is 12.4 Å². The molecule has 2 rings (SSSR count). The van der Waals surface area contributed by atoms with E-state index in [4.69, 9.17) is 4.74 Å². The van der Waals surface area contributed by atoms with Crippen molar-refractivity contribution < 1.29 is 14.3 Å². The molecule has 0 unspecified atom stereocenters. The largest absolute Gasteiger partial charge is 0.487 e. The van der Waals surface area contributed by atoms with Gasteiger partial charge in [0.05, 0.1) is 5.69 Å². The Labute approximate surface area is 118 Å². The van der Waals surface area contributed by atoms with E-state index in [-0.39, 0.29) is 11.8 Å². The average Bonchev–Trinajstić information content (AvgIpc) is 2.65. The molecule has 0 saturated carbocycles. The summed E-state index contributed by atoms with van der Waals surface area (Å²) in [5.74, 6) is -0.0780. The van der Waals surface area contributed by atoms with Gasteiger partial charge in [-0.15, -0.1) is 0 Å². The van der Waals surface area contributed by atoms with Crippen molar-refractivity contribution in [2.75, 3.05) is 11.5 Å². The summed E-state index contributed by atoms with van der Waals surface area (Å²) < 4.78 is 5.65. The Morgan fingerprint density at radius 1 is 1.25 bits per heavy atom. The highest BCUT2D eigenvalue weighted by atomic mass is 16.5. The van der Waals surface area contributed by atoms with Crippen LogP contribution >= 0.6 is 0 Å². The van der Waals surface area contributed by atoms with E-state index >= 15 is 0 Å². The molecule has 4 heteroatoms. The number of benzene rings is 1. The second-order valence-corrected chi connectivity index (χ2v) is 4.61. The number of amides is 2. The molecule has 20 heavy (non-hydrogen) atoms. The zero-order chi connectivity index (χ0) is 14.7. The van der Waals surface area contributed by atoms with Gasteiger partial charge in [-0.05, 0) is 32.4 Å². The van der Waals surface area contributed by atoms with E-state index in [0.29, 0.717) is 23.6 Å². The molecule has 0 radical (unpaired) electrons. The van der Waals surface area contributed by atoms with Crippen molar-refractivity contribution in [2.45, 2.75) is 20.8 Å². The lowest BCUT2D eigenvalue weighted by Gasteiger charge is -2.20. The van der Waals surface area contributed by atoms with Gasteiger partial charge in [0.15, 0.2) is 0 Å². The highest BCUT2D eigenvalue weighted by Crippen LogP contribution is 2.35. The predicted octanol–water partition coefficient (Wildman–Crippen LogP) is 2.77. The van der Waals surface area contributed by atoms with Gasteiger partial charge in [0.25, 0.3) is 11.8 Å². The normalized spacial score (nSPS) is 15.2. The summed E-state index contributed by atoms with van der Waals surface area (Å²) in [6, 6.07) is 5.46. The van der Waals surface area contributed by atoms with E-state index in [1.807, 2.05) is 38.1 Å². The molecule has 0 aromatic heterocycles. The average molecular weight is 271 g/mol. The van der Waals surface area contributed by atoms with Crippen LogP contribution in [0.3, 0.4) is 0 Å². The number of carbonyl (C=O) groups excluding carboxylic acids is 2. The lowest BCUT2D eigenvalue weighted by atomic mass is 10.1. The van der Waals surface area contributed by atoms with Crippen LogP contribution in [0.1, 0.15) is 19.4 Å². The van der Waals surface area contributed by atoms with Crippen LogP contribution < -0.4 is 9.64 Å². The van der Waals surface area contributed by atoms with Crippen molar-refractivity contribution in [3.05, 3.63) is 47.6 Å². The number of hydrogen-bond acceptors (Lipinski definition) is 3. The summed E-state index contributed by atoms with van der Waals surface area (Å²) in [5.41, 5.74) is 1.80. The van der Waals surface area contributed by atoms with Crippen LogP contribution in [0, 0.1) is 6.92 Å². The fraction of sp³-hybridized carbons (Fsp3) is 0.250. The molecular formula is C16H17NO3. The standard InChI is InChI=1S/C16H17NO3/c1-4-5-9-20-13-8-6-7-11(2)15(13)17-14(18)10-12(3)16(17)19/h4-8,10H,9H2,1-3H3/b5-4-. The number of anilines is 1. The van der Waals surface area contributed by atoms with Crippen molar-refractivity contribution >= 4 is 17.5 Å². The minimum atomic E-state index is -0.322. The summed E-state index contributed by atoms with van der Waals surface area (Å²) in [6.45, 7) is 5.79. The van der Waals surface area contributed by atoms with Crippen molar-refractivity contribution in [3.8, 4) is 5.75 Å². The topological polar surface area (TPSA) is 46.6 Å². The lowest BCUT2D eigenvalue weighted by molar-refractivity contribution is -0.120. The fourth-order valence-corrected chi connectivity index (χ4v) is 2.07. The summed E-state index contributed by atoms with van der Waals surface area (Å²) >= 11 is 0. The first-order chi connectivity index (χ1) is 9.56. The summed E-state index contributed by atoms with van der Waals surface area (Å²) in [4.78, 5) is 25.3. The minimum absolute atomic E-state index is 0.291. The van der Waals surface area contributed by atoms with Gasteiger partial charge in [0.2, 0.25) is 0 Å². The fourth-order valence-electron chi connectivity index (χ4n) is 2.07. The Bertz CT molecular complexity index is 614. The maximum absolute atomic E-state index is 12.1. The third kappa shape index (κ3) is 2.50. The Hall–Kier alpha value is -2.36. The molecule has 0 N–H and O–H groups in total. The number of rotatable bonds is 4. The third-order valence-corrected chi connectivity index (χ3v) is 3.10. The monoisotopic (exact) mass is 271 g/mol. The van der Waals surface area contributed by atoms with Crippen LogP contribution in [-0.2, 0) is 9.59 Å². The SMILES string of the molecule is C/C=C\COc1cccc(C)c1N1C(=O)C=C(C)C1=O. The summed E-state index contributed by atoms with van der Waals surface area (Å²) in [5, 5.41) is 0. The van der Waals surface area contributed by atoms with Gasteiger partial charge < -0.3 is 4.74 Å². The number of aryl methyl sites for hydroxylation is 1. The second kappa shape index (κ2) is 5.74. The van der Waals surface area contributed by atoms with E-state index in [1.54, 1.807) is 13.0 Å².